The predicted molar refractivity (Wildman–Crippen MR) is 54.9 cm³/mol. The van der Waals surface area contributed by atoms with Crippen LogP contribution >= 0.6 is 0 Å². The number of nitrogens with zero attached hydrogens (tertiary/aromatic N) is 2. The second kappa shape index (κ2) is 6.50. The second-order valence-corrected chi connectivity index (χ2v) is 3.08. The van der Waals surface area contributed by atoms with Crippen molar-refractivity contribution in [3.63, 3.8) is 0 Å². The lowest BCUT2D eigenvalue weighted by atomic mass is 9.97. The summed E-state index contributed by atoms with van der Waals surface area (Å²) in [4.78, 5) is 24.0. The van der Waals surface area contributed by atoms with Crippen LogP contribution in [0.1, 0.15) is 6.42 Å². The maximum Gasteiger partial charge on any atom is 0.673 e. The Kier molecular flexibility index (Phi) is 5.67. The number of halogens is 4. The molecule has 6 nitrogen and oxygen atoms in total. The van der Waals surface area contributed by atoms with Crippen LogP contribution in [0.4, 0.5) is 17.3 Å². The van der Waals surface area contributed by atoms with Crippen LogP contribution in [0.3, 0.4) is 0 Å². The monoisotopic (exact) mass is 281 g/mol. The van der Waals surface area contributed by atoms with Gasteiger partial charge in [0.25, 0.3) is 5.71 Å². The lowest BCUT2D eigenvalue weighted by Gasteiger charge is -2.05. The van der Waals surface area contributed by atoms with Gasteiger partial charge in [-0.15, -0.1) is 0 Å². The molecule has 0 fully saturated rings. The predicted octanol–water partition coefficient (Wildman–Crippen LogP) is 1.38. The fraction of sp³-hybridized carbons (Fsp3) is 0.125. The highest BCUT2D eigenvalue weighted by atomic mass is 19.5. The normalized spacial score (nSPS) is 14.4. The highest BCUT2D eigenvalue weighted by Gasteiger charge is 2.25. The molecule has 0 aromatic carbocycles. The first-order valence-corrected chi connectivity index (χ1v) is 4.53. The quantitative estimate of drug-likeness (QED) is 0.344. The highest BCUT2D eigenvalue weighted by molar-refractivity contribution is 6.50. The van der Waals surface area contributed by atoms with Crippen LogP contribution in [0.25, 0.3) is 5.53 Å². The third-order valence-electron chi connectivity index (χ3n) is 1.71. The first kappa shape index (κ1) is 16.6. The van der Waals surface area contributed by atoms with Gasteiger partial charge in [0.1, 0.15) is 0 Å². The molecule has 0 spiro atoms. The van der Waals surface area contributed by atoms with Gasteiger partial charge in [-0.3, -0.25) is 0 Å². The molecule has 19 heavy (non-hydrogen) atoms. The molecule has 1 aliphatic rings. The number of carbonyl (C=O) groups is 2. The Morgan fingerprint density at radius 3 is 1.89 bits per heavy atom. The van der Waals surface area contributed by atoms with Crippen molar-refractivity contribution in [2.75, 3.05) is 0 Å². The van der Waals surface area contributed by atoms with E-state index in [0.717, 1.165) is 6.08 Å². The number of allylic oxidation sites excluding steroid dienone is 2. The van der Waals surface area contributed by atoms with Gasteiger partial charge in [-0.05, 0) is 0 Å². The lowest BCUT2D eigenvalue weighted by Crippen LogP contribution is -2.16. The van der Waals surface area contributed by atoms with E-state index in [2.05, 4.69) is 4.79 Å². The first-order chi connectivity index (χ1) is 8.56. The average molecular weight is 281 g/mol. The summed E-state index contributed by atoms with van der Waals surface area (Å²) in [6.07, 6.45) is 2.33. The average Bonchev–Trinajstić information content (AvgIpc) is 2.25. The number of hydrogen-bond acceptors (Lipinski definition) is 2. The van der Waals surface area contributed by atoms with Crippen LogP contribution in [0.15, 0.2) is 23.3 Å². The Morgan fingerprint density at radius 1 is 1.16 bits per heavy atom. The molecule has 104 valence electrons. The zero-order valence-electron chi connectivity index (χ0n) is 9.06. The zero-order valence-corrected chi connectivity index (χ0v) is 9.06. The Balaban J connectivity index is 0.000000555. The lowest BCUT2D eigenvalue weighted by molar-refractivity contribution is -0.136. The summed E-state index contributed by atoms with van der Waals surface area (Å²) in [5.41, 5.74) is 7.84. The van der Waals surface area contributed by atoms with Crippen LogP contribution in [0.2, 0.25) is 0 Å². The van der Waals surface area contributed by atoms with Gasteiger partial charge in [0, 0.05) is 6.08 Å². The number of rotatable bonds is 2. The van der Waals surface area contributed by atoms with E-state index in [1.165, 1.54) is 6.08 Å². The standard InChI is InChI=1S/C8H6N2O4.BF4/c9-10-4-1-2-5(7(11)12)6(3-4)8(13)14;2-1(3,4)5/h2-3H,1H2,(H,11,12)(H,13,14);/q;-1. The Hall–Kier alpha value is -2.42. The third-order valence-corrected chi connectivity index (χ3v) is 1.71. The molecule has 0 aromatic heterocycles. The molecule has 0 saturated carbocycles. The molecule has 1 aliphatic carbocycles. The number of carboxylic acids is 2. The highest BCUT2D eigenvalue weighted by Crippen LogP contribution is 2.17. The maximum atomic E-state index is 10.6. The molecule has 0 heterocycles. The van der Waals surface area contributed by atoms with E-state index in [1.54, 1.807) is 0 Å². The third kappa shape index (κ3) is 6.79. The summed E-state index contributed by atoms with van der Waals surface area (Å²) >= 11 is 0. The summed E-state index contributed by atoms with van der Waals surface area (Å²) in [6.45, 7) is 0. The smallest absolute Gasteiger partial charge is 0.478 e. The molecule has 2 N–H and O–H groups in total. The van der Waals surface area contributed by atoms with Crippen LogP contribution in [-0.4, -0.2) is 39.9 Å². The van der Waals surface area contributed by atoms with Crippen molar-refractivity contribution < 1.29 is 41.9 Å². The van der Waals surface area contributed by atoms with E-state index >= 15 is 0 Å². The maximum absolute atomic E-state index is 10.6. The van der Waals surface area contributed by atoms with E-state index in [0.29, 0.717) is 0 Å². The summed E-state index contributed by atoms with van der Waals surface area (Å²) < 4.78 is 39.0. The second-order valence-electron chi connectivity index (χ2n) is 3.08. The van der Waals surface area contributed by atoms with E-state index in [4.69, 9.17) is 15.7 Å². The molecular weight excluding hydrogens is 275 g/mol. The van der Waals surface area contributed by atoms with Crippen molar-refractivity contribution in [1.82, 2.24) is 0 Å². The molecule has 0 saturated heterocycles. The minimum absolute atomic E-state index is 0.106. The summed E-state index contributed by atoms with van der Waals surface area (Å²) in [5.74, 6) is -2.67. The van der Waals surface area contributed by atoms with Crippen LogP contribution in [0, 0.1) is 0 Å². The number of hydrogen-bond donors (Lipinski definition) is 2. The molecule has 0 unspecified atom stereocenters. The zero-order chi connectivity index (χ0) is 15.2. The van der Waals surface area contributed by atoms with E-state index in [1.807, 2.05) is 0 Å². The van der Waals surface area contributed by atoms with Crippen LogP contribution < -0.4 is 0 Å². The molecule has 0 radical (unpaired) electrons. The minimum Gasteiger partial charge on any atom is -0.478 e. The van der Waals surface area contributed by atoms with Crippen molar-refractivity contribution in [3.8, 4) is 0 Å². The van der Waals surface area contributed by atoms with Gasteiger partial charge in [-0.1, -0.05) is 6.08 Å². The van der Waals surface area contributed by atoms with Gasteiger partial charge in [0.2, 0.25) is 0 Å². The van der Waals surface area contributed by atoms with E-state index < -0.39 is 19.2 Å². The molecule has 11 heteroatoms. The van der Waals surface area contributed by atoms with Crippen LogP contribution in [0.5, 0.6) is 0 Å². The van der Waals surface area contributed by atoms with E-state index in [-0.39, 0.29) is 23.3 Å². The number of carboxylic acid groups (broad SMARTS) is 2. The summed E-state index contributed by atoms with van der Waals surface area (Å²) in [5, 5.41) is 17.3. The van der Waals surface area contributed by atoms with E-state index in [9.17, 15) is 26.9 Å². The molecule has 0 atom stereocenters. The molecule has 0 aromatic rings. The van der Waals surface area contributed by atoms with Crippen molar-refractivity contribution in [3.05, 3.63) is 28.8 Å². The van der Waals surface area contributed by atoms with Gasteiger partial charge < -0.3 is 33.0 Å². The van der Waals surface area contributed by atoms with Gasteiger partial charge in [0.15, 0.2) is 0 Å². The largest absolute Gasteiger partial charge is 0.673 e. The Bertz CT molecular complexity index is 499. The molecule has 0 bridgehead atoms. The molecule has 0 amide bonds. The first-order valence-electron chi connectivity index (χ1n) is 4.53. The summed E-state index contributed by atoms with van der Waals surface area (Å²) in [6, 6.07) is 0. The minimum atomic E-state index is -6.00. The number of aliphatic carboxylic acids is 2. The van der Waals surface area contributed by atoms with Gasteiger partial charge >= 0.3 is 19.2 Å². The van der Waals surface area contributed by atoms with Crippen molar-refractivity contribution >= 4 is 24.9 Å². The Morgan fingerprint density at radius 2 is 1.58 bits per heavy atom. The van der Waals surface area contributed by atoms with Gasteiger partial charge in [0.05, 0.1) is 17.6 Å². The molecule has 0 aliphatic heterocycles. The SMILES string of the molecule is F[B-](F)(F)F.[N-]=[N+]=C1C=C(C(=O)O)C(C(=O)O)=CC1. The van der Waals surface area contributed by atoms with Crippen molar-refractivity contribution in [2.45, 2.75) is 6.42 Å². The van der Waals surface area contributed by atoms with Crippen molar-refractivity contribution in [2.24, 2.45) is 0 Å². The molecular formula is C8H6BF4N2O4-. The Labute approximate surface area is 103 Å². The molecule has 1 rings (SSSR count). The topological polar surface area (TPSA) is 111 Å². The fourth-order valence-electron chi connectivity index (χ4n) is 1.07. The van der Waals surface area contributed by atoms with Gasteiger partial charge in [-0.25, -0.2) is 9.59 Å². The van der Waals surface area contributed by atoms with Crippen molar-refractivity contribution in [1.29, 1.82) is 0 Å². The fourth-order valence-corrected chi connectivity index (χ4v) is 1.07. The van der Waals surface area contributed by atoms with Gasteiger partial charge in [-0.2, -0.15) is 4.79 Å². The van der Waals surface area contributed by atoms with Crippen LogP contribution in [-0.2, 0) is 9.59 Å². The summed E-state index contributed by atoms with van der Waals surface area (Å²) in [7, 11) is -6.00.